The SMILES string of the molecule is COc1cccc(-c2c[nH]c3ccc(C(=O)O)cc23)c1. The van der Waals surface area contributed by atoms with Crippen LogP contribution in [0.5, 0.6) is 5.75 Å². The van der Waals surface area contributed by atoms with Gasteiger partial charge in [-0.2, -0.15) is 0 Å². The fraction of sp³-hybridized carbons (Fsp3) is 0.0625. The summed E-state index contributed by atoms with van der Waals surface area (Å²) in [6.07, 6.45) is 1.88. The molecular formula is C16H13NO3. The molecule has 0 atom stereocenters. The quantitative estimate of drug-likeness (QED) is 0.763. The highest BCUT2D eigenvalue weighted by molar-refractivity contribution is 6.00. The van der Waals surface area contributed by atoms with Gasteiger partial charge in [-0.1, -0.05) is 12.1 Å². The zero-order valence-corrected chi connectivity index (χ0v) is 10.9. The van der Waals surface area contributed by atoms with Crippen LogP contribution < -0.4 is 4.74 Å². The summed E-state index contributed by atoms with van der Waals surface area (Å²) >= 11 is 0. The number of H-pyrrole nitrogens is 1. The van der Waals surface area contributed by atoms with Crippen molar-refractivity contribution in [3.05, 3.63) is 54.2 Å². The van der Waals surface area contributed by atoms with Gasteiger partial charge in [-0.25, -0.2) is 4.79 Å². The van der Waals surface area contributed by atoms with E-state index < -0.39 is 5.97 Å². The van der Waals surface area contributed by atoms with Crippen LogP contribution in [0.4, 0.5) is 0 Å². The zero-order chi connectivity index (χ0) is 14.1. The predicted molar refractivity (Wildman–Crippen MR) is 77.2 cm³/mol. The molecule has 0 spiro atoms. The summed E-state index contributed by atoms with van der Waals surface area (Å²) in [7, 11) is 1.62. The third-order valence-corrected chi connectivity index (χ3v) is 3.31. The highest BCUT2D eigenvalue weighted by Gasteiger charge is 2.10. The Balaban J connectivity index is 2.20. The molecule has 0 bridgehead atoms. The largest absolute Gasteiger partial charge is 0.497 e. The lowest BCUT2D eigenvalue weighted by Gasteiger charge is -2.04. The highest BCUT2D eigenvalue weighted by Crippen LogP contribution is 2.31. The number of nitrogens with one attached hydrogen (secondary N) is 1. The number of carboxylic acids is 1. The summed E-state index contributed by atoms with van der Waals surface area (Å²) < 4.78 is 5.22. The molecule has 1 aromatic heterocycles. The first-order valence-corrected chi connectivity index (χ1v) is 6.18. The van der Waals surface area contributed by atoms with Crippen molar-refractivity contribution in [1.82, 2.24) is 4.98 Å². The van der Waals surface area contributed by atoms with Crippen molar-refractivity contribution in [2.24, 2.45) is 0 Å². The second-order valence-electron chi connectivity index (χ2n) is 4.50. The Bertz CT molecular complexity index is 789. The van der Waals surface area contributed by atoms with Gasteiger partial charge in [0.15, 0.2) is 0 Å². The first-order chi connectivity index (χ1) is 9.69. The molecule has 2 N–H and O–H groups in total. The summed E-state index contributed by atoms with van der Waals surface area (Å²) in [6.45, 7) is 0. The topological polar surface area (TPSA) is 62.3 Å². The van der Waals surface area contributed by atoms with Crippen LogP contribution >= 0.6 is 0 Å². The van der Waals surface area contributed by atoms with Crippen molar-refractivity contribution in [3.63, 3.8) is 0 Å². The summed E-state index contributed by atoms with van der Waals surface area (Å²) in [5, 5.41) is 9.98. The molecule has 20 heavy (non-hydrogen) atoms. The number of ether oxygens (including phenoxy) is 1. The standard InChI is InChI=1S/C16H13NO3/c1-20-12-4-2-3-10(7-12)14-9-17-15-6-5-11(16(18)19)8-13(14)15/h2-9,17H,1H3,(H,18,19). The van der Waals surface area contributed by atoms with Gasteiger partial charge in [0.2, 0.25) is 0 Å². The summed E-state index contributed by atoms with van der Waals surface area (Å²) in [4.78, 5) is 14.2. The summed E-state index contributed by atoms with van der Waals surface area (Å²) in [6, 6.07) is 12.7. The van der Waals surface area contributed by atoms with Gasteiger partial charge in [0.25, 0.3) is 0 Å². The zero-order valence-electron chi connectivity index (χ0n) is 10.9. The van der Waals surface area contributed by atoms with Crippen LogP contribution in [0.3, 0.4) is 0 Å². The van der Waals surface area contributed by atoms with E-state index in [4.69, 9.17) is 9.84 Å². The molecule has 0 aliphatic rings. The fourth-order valence-electron chi connectivity index (χ4n) is 2.28. The van der Waals surface area contributed by atoms with E-state index in [1.807, 2.05) is 30.5 Å². The van der Waals surface area contributed by atoms with Crippen molar-refractivity contribution < 1.29 is 14.6 Å². The number of fused-ring (bicyclic) bond motifs is 1. The molecule has 1 heterocycles. The van der Waals surface area contributed by atoms with E-state index in [9.17, 15) is 4.79 Å². The Morgan fingerprint density at radius 1 is 1.20 bits per heavy atom. The number of aromatic amines is 1. The molecule has 3 aromatic rings. The van der Waals surface area contributed by atoms with Gasteiger partial charge in [0.1, 0.15) is 5.75 Å². The molecule has 0 unspecified atom stereocenters. The maximum Gasteiger partial charge on any atom is 0.335 e. The number of carboxylic acid groups (broad SMARTS) is 1. The van der Waals surface area contributed by atoms with Gasteiger partial charge in [-0.15, -0.1) is 0 Å². The molecule has 0 aliphatic carbocycles. The van der Waals surface area contributed by atoms with Gasteiger partial charge in [-0.05, 0) is 35.9 Å². The van der Waals surface area contributed by atoms with Crippen molar-refractivity contribution in [2.45, 2.75) is 0 Å². The highest BCUT2D eigenvalue weighted by atomic mass is 16.5. The third kappa shape index (κ3) is 2.01. The molecule has 0 aliphatic heterocycles. The Hall–Kier alpha value is -2.75. The maximum atomic E-state index is 11.1. The van der Waals surface area contributed by atoms with Crippen LogP contribution in [0, 0.1) is 0 Å². The average Bonchev–Trinajstić information content (AvgIpc) is 2.90. The number of rotatable bonds is 3. The minimum absolute atomic E-state index is 0.279. The minimum Gasteiger partial charge on any atom is -0.497 e. The fourth-order valence-corrected chi connectivity index (χ4v) is 2.28. The molecule has 0 saturated carbocycles. The molecular weight excluding hydrogens is 254 g/mol. The first-order valence-electron chi connectivity index (χ1n) is 6.18. The van der Waals surface area contributed by atoms with Gasteiger partial charge >= 0.3 is 5.97 Å². The van der Waals surface area contributed by atoms with E-state index >= 15 is 0 Å². The molecule has 3 rings (SSSR count). The van der Waals surface area contributed by atoms with Crippen molar-refractivity contribution in [3.8, 4) is 16.9 Å². The number of hydrogen-bond donors (Lipinski definition) is 2. The van der Waals surface area contributed by atoms with Crippen LogP contribution in [-0.4, -0.2) is 23.2 Å². The smallest absolute Gasteiger partial charge is 0.335 e. The number of benzene rings is 2. The van der Waals surface area contributed by atoms with E-state index in [1.165, 1.54) is 0 Å². The van der Waals surface area contributed by atoms with E-state index in [-0.39, 0.29) is 5.56 Å². The van der Waals surface area contributed by atoms with Gasteiger partial charge in [-0.3, -0.25) is 0 Å². The number of carbonyl (C=O) groups is 1. The molecule has 0 radical (unpaired) electrons. The molecule has 4 heteroatoms. The van der Waals surface area contributed by atoms with Crippen LogP contribution in [0.2, 0.25) is 0 Å². The predicted octanol–water partition coefficient (Wildman–Crippen LogP) is 3.54. The Morgan fingerprint density at radius 2 is 2.05 bits per heavy atom. The Kier molecular flexibility index (Phi) is 2.91. The van der Waals surface area contributed by atoms with Crippen molar-refractivity contribution in [1.29, 1.82) is 0 Å². The van der Waals surface area contributed by atoms with Gasteiger partial charge in [0, 0.05) is 22.7 Å². The van der Waals surface area contributed by atoms with E-state index in [0.29, 0.717) is 0 Å². The van der Waals surface area contributed by atoms with Gasteiger partial charge in [0.05, 0.1) is 12.7 Å². The number of aromatic carboxylic acids is 1. The summed E-state index contributed by atoms with van der Waals surface area (Å²) in [5.41, 5.74) is 3.13. The normalized spacial score (nSPS) is 10.7. The first kappa shape index (κ1) is 12.3. The average molecular weight is 267 g/mol. The van der Waals surface area contributed by atoms with Crippen LogP contribution in [0.1, 0.15) is 10.4 Å². The van der Waals surface area contributed by atoms with Crippen LogP contribution in [-0.2, 0) is 0 Å². The molecule has 100 valence electrons. The Morgan fingerprint density at radius 3 is 2.80 bits per heavy atom. The lowest BCUT2D eigenvalue weighted by Crippen LogP contribution is -1.94. The van der Waals surface area contributed by atoms with E-state index in [1.54, 1.807) is 25.3 Å². The maximum absolute atomic E-state index is 11.1. The number of methoxy groups -OCH3 is 1. The lowest BCUT2D eigenvalue weighted by molar-refractivity contribution is 0.0697. The molecule has 0 fully saturated rings. The monoisotopic (exact) mass is 267 g/mol. The number of aromatic nitrogens is 1. The van der Waals surface area contributed by atoms with Crippen LogP contribution in [0.25, 0.3) is 22.0 Å². The van der Waals surface area contributed by atoms with E-state index in [2.05, 4.69) is 4.98 Å². The Labute approximate surface area is 115 Å². The molecule has 0 saturated heterocycles. The minimum atomic E-state index is -0.926. The van der Waals surface area contributed by atoms with Gasteiger partial charge < -0.3 is 14.8 Å². The number of hydrogen-bond acceptors (Lipinski definition) is 2. The van der Waals surface area contributed by atoms with Crippen molar-refractivity contribution in [2.75, 3.05) is 7.11 Å². The second kappa shape index (κ2) is 4.74. The van der Waals surface area contributed by atoms with Crippen molar-refractivity contribution >= 4 is 16.9 Å². The van der Waals surface area contributed by atoms with Crippen LogP contribution in [0.15, 0.2) is 48.7 Å². The summed E-state index contributed by atoms with van der Waals surface area (Å²) in [5.74, 6) is -0.157. The third-order valence-electron chi connectivity index (χ3n) is 3.31. The second-order valence-corrected chi connectivity index (χ2v) is 4.50. The lowest BCUT2D eigenvalue weighted by atomic mass is 10.0. The molecule has 2 aromatic carbocycles. The molecule has 0 amide bonds. The van der Waals surface area contributed by atoms with E-state index in [0.717, 1.165) is 27.8 Å². The molecule has 4 nitrogen and oxygen atoms in total.